The number of amides is 2. The Morgan fingerprint density at radius 2 is 1.71 bits per heavy atom. The van der Waals surface area contributed by atoms with Gasteiger partial charge in [-0.25, -0.2) is 13.2 Å². The van der Waals surface area contributed by atoms with E-state index >= 15 is 0 Å². The molecule has 2 N–H and O–H groups in total. The van der Waals surface area contributed by atoms with Crippen LogP contribution in [0.1, 0.15) is 99.2 Å². The summed E-state index contributed by atoms with van der Waals surface area (Å²) in [6.07, 6.45) is 5.23. The molecule has 0 fully saturated rings. The molecule has 0 aliphatic carbocycles. The Kier molecular flexibility index (Phi) is 11.2. The summed E-state index contributed by atoms with van der Waals surface area (Å²) in [5.74, 6) is -7.48. The molecule has 1 aromatic heterocycles. The van der Waals surface area contributed by atoms with Crippen LogP contribution in [0.2, 0.25) is 5.02 Å². The highest BCUT2D eigenvalue weighted by molar-refractivity contribution is 6.48. The summed E-state index contributed by atoms with van der Waals surface area (Å²) in [5, 5.41) is 4.64. The lowest BCUT2D eigenvalue weighted by Crippen LogP contribution is -2.33. The molecule has 0 saturated heterocycles. The third-order valence-corrected chi connectivity index (χ3v) is 7.28. The zero-order valence-corrected chi connectivity index (χ0v) is 25.1. The molecule has 1 aliphatic rings. The van der Waals surface area contributed by atoms with Crippen LogP contribution in [0.25, 0.3) is 0 Å². The van der Waals surface area contributed by atoms with Crippen LogP contribution in [0.4, 0.5) is 18.9 Å². The number of rotatable bonds is 13. The maximum Gasteiger partial charge on any atom is 0.306 e. The lowest BCUT2D eigenvalue weighted by Gasteiger charge is -2.22. The number of Topliss-reactive ketones (excluding diaryl/α,β-unsaturated/α-hetero) is 1. The zero-order valence-electron chi connectivity index (χ0n) is 24.3. The van der Waals surface area contributed by atoms with Crippen LogP contribution in [0.15, 0.2) is 12.1 Å². The van der Waals surface area contributed by atoms with Gasteiger partial charge in [-0.05, 0) is 58.8 Å². The van der Waals surface area contributed by atoms with Crippen LogP contribution in [0.3, 0.4) is 0 Å². The van der Waals surface area contributed by atoms with Crippen LogP contribution in [-0.2, 0) is 27.3 Å². The molecule has 230 valence electrons. The number of carbonyl (C=O) groups is 4. The van der Waals surface area contributed by atoms with Crippen molar-refractivity contribution in [3.8, 4) is 0 Å². The summed E-state index contributed by atoms with van der Waals surface area (Å²) in [5.41, 5.74) is -0.721. The van der Waals surface area contributed by atoms with Crippen molar-refractivity contribution < 1.29 is 37.1 Å². The number of hydrogen-bond donors (Lipinski definition) is 2. The summed E-state index contributed by atoms with van der Waals surface area (Å²) in [6, 6.07) is 1.25. The van der Waals surface area contributed by atoms with E-state index in [4.69, 9.17) is 16.3 Å². The van der Waals surface area contributed by atoms with Crippen LogP contribution >= 0.6 is 11.6 Å². The fourth-order valence-corrected chi connectivity index (χ4v) is 5.44. The molecule has 0 bridgehead atoms. The maximum atomic E-state index is 13.6. The van der Waals surface area contributed by atoms with Crippen molar-refractivity contribution in [3.05, 3.63) is 51.6 Å². The lowest BCUT2D eigenvalue weighted by molar-refractivity contribution is -0.156. The van der Waals surface area contributed by atoms with Gasteiger partial charge in [0, 0.05) is 43.0 Å². The van der Waals surface area contributed by atoms with Gasteiger partial charge in [-0.2, -0.15) is 0 Å². The van der Waals surface area contributed by atoms with Gasteiger partial charge < -0.3 is 19.9 Å². The number of anilines is 1. The largest absolute Gasteiger partial charge is 0.460 e. The average molecular weight is 612 g/mol. The predicted octanol–water partition coefficient (Wildman–Crippen LogP) is 6.37. The highest BCUT2D eigenvalue weighted by atomic mass is 35.5. The number of benzene rings is 1. The SMILES string of the molecule is CCCC[C@@H](CCCNC(=O)C(=O)c1c(Cl)c(C(=O)Nc2cc(F)c(F)c(F)c2)c2n1CCC2)CC(=O)OC(C)(C)C. The van der Waals surface area contributed by atoms with E-state index < -0.39 is 40.7 Å². The molecule has 1 aromatic carbocycles. The Balaban J connectivity index is 1.65. The van der Waals surface area contributed by atoms with E-state index in [0.717, 1.165) is 19.3 Å². The summed E-state index contributed by atoms with van der Waals surface area (Å²) >= 11 is 6.45. The second kappa shape index (κ2) is 14.2. The molecule has 1 atom stereocenters. The molecule has 3 rings (SSSR count). The van der Waals surface area contributed by atoms with Gasteiger partial charge in [0.25, 0.3) is 17.6 Å². The van der Waals surface area contributed by atoms with Crippen molar-refractivity contribution in [2.45, 2.75) is 91.2 Å². The van der Waals surface area contributed by atoms with Crippen molar-refractivity contribution in [2.24, 2.45) is 5.92 Å². The minimum absolute atomic E-state index is 0.0832. The summed E-state index contributed by atoms with van der Waals surface area (Å²) in [6.45, 7) is 8.05. The monoisotopic (exact) mass is 611 g/mol. The van der Waals surface area contributed by atoms with Crippen molar-refractivity contribution in [1.82, 2.24) is 9.88 Å². The average Bonchev–Trinajstić information content (AvgIpc) is 3.45. The first kappa shape index (κ1) is 33.2. The van der Waals surface area contributed by atoms with E-state index in [0.29, 0.717) is 50.1 Å². The molecule has 0 saturated carbocycles. The second-order valence-electron chi connectivity index (χ2n) is 11.5. The number of nitrogens with zero attached hydrogens (tertiary/aromatic N) is 1. The van der Waals surface area contributed by atoms with Crippen molar-refractivity contribution in [1.29, 1.82) is 0 Å². The molecule has 2 aromatic rings. The topological polar surface area (TPSA) is 106 Å². The number of unbranched alkanes of at least 4 members (excludes halogenated alkanes) is 1. The first-order chi connectivity index (χ1) is 19.7. The normalized spacial score (nSPS) is 13.4. The molecule has 0 unspecified atom stereocenters. The molecule has 1 aliphatic heterocycles. The second-order valence-corrected chi connectivity index (χ2v) is 11.9. The molecular formula is C30H37ClF3N3O5. The Hall–Kier alpha value is -3.34. The van der Waals surface area contributed by atoms with Gasteiger partial charge in [0.05, 0.1) is 10.6 Å². The van der Waals surface area contributed by atoms with Crippen LogP contribution in [-0.4, -0.2) is 40.3 Å². The van der Waals surface area contributed by atoms with Gasteiger partial charge in [0.2, 0.25) is 0 Å². The van der Waals surface area contributed by atoms with Crippen LogP contribution < -0.4 is 10.6 Å². The van der Waals surface area contributed by atoms with E-state index in [1.807, 2.05) is 20.8 Å². The highest BCUT2D eigenvalue weighted by Gasteiger charge is 2.34. The quantitative estimate of drug-likeness (QED) is 0.0899. The molecule has 0 radical (unpaired) electrons. The highest BCUT2D eigenvalue weighted by Crippen LogP contribution is 2.34. The zero-order chi connectivity index (χ0) is 31.2. The number of fused-ring (bicyclic) bond motifs is 1. The van der Waals surface area contributed by atoms with E-state index in [9.17, 15) is 32.3 Å². The number of ketones is 1. The number of esters is 1. The van der Waals surface area contributed by atoms with Crippen molar-refractivity contribution >= 4 is 40.9 Å². The Labute approximate surface area is 248 Å². The standard InChI is InChI=1S/C30H37ClF3N3O5/c1-5-6-9-17(14-22(38)42-30(2,3)4)10-7-12-35-29(41)27(39)26-24(31)23(21-11-8-13-37(21)26)28(40)36-18-15-19(32)25(34)20(33)16-18/h15-17H,5-14H2,1-4H3,(H,35,41)(H,36,40)/t17-/m0/s1. The van der Waals surface area contributed by atoms with E-state index in [1.165, 1.54) is 4.57 Å². The third-order valence-electron chi connectivity index (χ3n) is 6.91. The Morgan fingerprint density at radius 1 is 1.07 bits per heavy atom. The maximum absolute atomic E-state index is 13.6. The van der Waals surface area contributed by atoms with E-state index in [2.05, 4.69) is 17.6 Å². The van der Waals surface area contributed by atoms with Gasteiger partial charge in [-0.15, -0.1) is 0 Å². The summed E-state index contributed by atoms with van der Waals surface area (Å²) < 4.78 is 47.5. The van der Waals surface area contributed by atoms with Gasteiger partial charge in [-0.3, -0.25) is 19.2 Å². The molecule has 8 nitrogen and oxygen atoms in total. The molecule has 12 heteroatoms. The number of aromatic nitrogens is 1. The van der Waals surface area contributed by atoms with Gasteiger partial charge >= 0.3 is 5.97 Å². The smallest absolute Gasteiger partial charge is 0.306 e. The summed E-state index contributed by atoms with van der Waals surface area (Å²) in [4.78, 5) is 51.3. The first-order valence-corrected chi connectivity index (χ1v) is 14.5. The number of nitrogens with one attached hydrogen (secondary N) is 2. The Bertz CT molecular complexity index is 1330. The number of halogens is 4. The number of carbonyl (C=O) groups excluding carboxylic acids is 4. The molecular weight excluding hydrogens is 575 g/mol. The first-order valence-electron chi connectivity index (χ1n) is 14.1. The summed E-state index contributed by atoms with van der Waals surface area (Å²) in [7, 11) is 0. The van der Waals surface area contributed by atoms with E-state index in [-0.39, 0.29) is 46.8 Å². The number of ether oxygens (including phenoxy) is 1. The van der Waals surface area contributed by atoms with Crippen LogP contribution in [0, 0.1) is 23.4 Å². The fraction of sp³-hybridized carbons (Fsp3) is 0.533. The molecule has 0 spiro atoms. The van der Waals surface area contributed by atoms with Gasteiger partial charge in [0.15, 0.2) is 17.5 Å². The molecule has 2 heterocycles. The van der Waals surface area contributed by atoms with Crippen LogP contribution in [0.5, 0.6) is 0 Å². The number of hydrogen-bond acceptors (Lipinski definition) is 5. The third kappa shape index (κ3) is 8.36. The molecule has 2 amide bonds. The predicted molar refractivity (Wildman–Crippen MR) is 152 cm³/mol. The van der Waals surface area contributed by atoms with Gasteiger partial charge in [0.1, 0.15) is 11.3 Å². The molecule has 42 heavy (non-hydrogen) atoms. The fourth-order valence-electron chi connectivity index (χ4n) is 5.06. The minimum Gasteiger partial charge on any atom is -0.460 e. The van der Waals surface area contributed by atoms with E-state index in [1.54, 1.807) is 0 Å². The van der Waals surface area contributed by atoms with Crippen molar-refractivity contribution in [2.75, 3.05) is 11.9 Å². The van der Waals surface area contributed by atoms with Gasteiger partial charge in [-0.1, -0.05) is 31.4 Å². The van der Waals surface area contributed by atoms with Crippen molar-refractivity contribution in [3.63, 3.8) is 0 Å². The lowest BCUT2D eigenvalue weighted by atomic mass is 9.93. The Morgan fingerprint density at radius 3 is 2.33 bits per heavy atom. The minimum atomic E-state index is -1.67.